The van der Waals surface area contributed by atoms with Gasteiger partial charge in [-0.3, -0.25) is 0 Å². The van der Waals surface area contributed by atoms with Gasteiger partial charge >= 0.3 is 0 Å². The fraction of sp³-hybridized carbons (Fsp3) is 0.636. The third-order valence-electron chi connectivity index (χ3n) is 1.89. The molecule has 0 amide bonds. The molecule has 0 saturated carbocycles. The van der Waals surface area contributed by atoms with Gasteiger partial charge in [0.25, 0.3) is 0 Å². The summed E-state index contributed by atoms with van der Waals surface area (Å²) in [5, 5.41) is 3.06. The molecule has 1 aromatic rings. The van der Waals surface area contributed by atoms with Gasteiger partial charge in [-0.25, -0.2) is 4.98 Å². The van der Waals surface area contributed by atoms with E-state index in [0.717, 1.165) is 12.2 Å². The molecule has 0 aromatic carbocycles. The number of rotatable bonds is 6. The van der Waals surface area contributed by atoms with E-state index in [1.807, 2.05) is 26.8 Å². The first-order chi connectivity index (χ1) is 7.65. The van der Waals surface area contributed by atoms with Crippen LogP contribution in [0.25, 0.3) is 0 Å². The summed E-state index contributed by atoms with van der Waals surface area (Å²) in [4.78, 5) is 8.49. The van der Waals surface area contributed by atoms with E-state index in [0.29, 0.717) is 18.4 Å². The zero-order valence-corrected chi connectivity index (χ0v) is 10.3. The van der Waals surface area contributed by atoms with Gasteiger partial charge in [0.05, 0.1) is 6.61 Å². The van der Waals surface area contributed by atoms with Crippen LogP contribution in [-0.2, 0) is 4.74 Å². The van der Waals surface area contributed by atoms with Crippen molar-refractivity contribution in [3.05, 3.63) is 11.8 Å². The minimum Gasteiger partial charge on any atom is -0.472 e. The molecule has 1 N–H and O–H groups in total. The largest absolute Gasteiger partial charge is 0.472 e. The third-order valence-corrected chi connectivity index (χ3v) is 1.89. The maximum atomic E-state index is 5.61. The highest BCUT2D eigenvalue weighted by Crippen LogP contribution is 2.13. The normalized spacial score (nSPS) is 12.2. The predicted octanol–water partition coefficient (Wildman–Crippen LogP) is 1.63. The molecular formula is C11H19N3O2. The highest BCUT2D eigenvalue weighted by atomic mass is 16.5. The van der Waals surface area contributed by atoms with Crippen LogP contribution in [0.2, 0.25) is 0 Å². The van der Waals surface area contributed by atoms with Gasteiger partial charge in [-0.2, -0.15) is 4.98 Å². The summed E-state index contributed by atoms with van der Waals surface area (Å²) >= 11 is 0. The summed E-state index contributed by atoms with van der Waals surface area (Å²) in [5.41, 5.74) is 0.880. The van der Waals surface area contributed by atoms with Crippen molar-refractivity contribution in [2.75, 3.05) is 25.6 Å². The second-order valence-electron chi connectivity index (χ2n) is 3.59. The third kappa shape index (κ3) is 4.02. The lowest BCUT2D eigenvalue weighted by molar-refractivity contribution is 0.0889. The summed E-state index contributed by atoms with van der Waals surface area (Å²) < 4.78 is 10.6. The number of hydrogen-bond acceptors (Lipinski definition) is 5. The molecule has 0 fully saturated rings. The number of ether oxygens (including phenoxy) is 2. The highest BCUT2D eigenvalue weighted by molar-refractivity contribution is 5.30. The van der Waals surface area contributed by atoms with Crippen molar-refractivity contribution in [2.24, 2.45) is 0 Å². The van der Waals surface area contributed by atoms with Gasteiger partial charge in [0.2, 0.25) is 11.8 Å². The minimum absolute atomic E-state index is 0.0197. The molecule has 0 spiro atoms. The molecule has 1 heterocycles. The van der Waals surface area contributed by atoms with E-state index in [4.69, 9.17) is 9.47 Å². The van der Waals surface area contributed by atoms with E-state index in [1.165, 1.54) is 0 Å². The van der Waals surface area contributed by atoms with E-state index >= 15 is 0 Å². The molecule has 5 heteroatoms. The quantitative estimate of drug-likeness (QED) is 0.797. The van der Waals surface area contributed by atoms with E-state index in [1.54, 1.807) is 7.11 Å². The van der Waals surface area contributed by atoms with Crippen LogP contribution in [-0.4, -0.2) is 36.3 Å². The Morgan fingerprint density at radius 1 is 1.44 bits per heavy atom. The summed E-state index contributed by atoms with van der Waals surface area (Å²) in [6.07, 6.45) is -0.0197. The molecule has 0 radical (unpaired) electrons. The molecule has 16 heavy (non-hydrogen) atoms. The van der Waals surface area contributed by atoms with Crippen LogP contribution in [0, 0.1) is 6.92 Å². The molecule has 1 rings (SSSR count). The van der Waals surface area contributed by atoms with Gasteiger partial charge < -0.3 is 14.8 Å². The first-order valence-electron chi connectivity index (χ1n) is 5.40. The second kappa shape index (κ2) is 6.27. The average Bonchev–Trinajstić information content (AvgIpc) is 2.17. The van der Waals surface area contributed by atoms with Crippen molar-refractivity contribution in [2.45, 2.75) is 26.9 Å². The van der Waals surface area contributed by atoms with Crippen LogP contribution in [0.5, 0.6) is 5.88 Å². The molecule has 0 bridgehead atoms. The van der Waals surface area contributed by atoms with Crippen molar-refractivity contribution in [1.29, 1.82) is 0 Å². The summed E-state index contributed by atoms with van der Waals surface area (Å²) in [6.45, 7) is 7.18. The number of hydrogen-bond donors (Lipinski definition) is 1. The van der Waals surface area contributed by atoms with Crippen molar-refractivity contribution in [3.8, 4) is 5.88 Å². The van der Waals surface area contributed by atoms with Gasteiger partial charge in [0.1, 0.15) is 6.10 Å². The second-order valence-corrected chi connectivity index (χ2v) is 3.59. The molecule has 5 nitrogen and oxygen atoms in total. The van der Waals surface area contributed by atoms with E-state index in [-0.39, 0.29) is 6.10 Å². The number of methoxy groups -OCH3 is 1. The Balaban J connectivity index is 2.71. The number of anilines is 1. The number of nitrogens with one attached hydrogen (secondary N) is 1. The summed E-state index contributed by atoms with van der Waals surface area (Å²) in [5.74, 6) is 1.18. The number of aryl methyl sites for hydroxylation is 1. The first kappa shape index (κ1) is 12.7. The van der Waals surface area contributed by atoms with Crippen LogP contribution < -0.4 is 10.1 Å². The lowest BCUT2D eigenvalue weighted by Crippen LogP contribution is -2.19. The van der Waals surface area contributed by atoms with Gasteiger partial charge in [0, 0.05) is 25.4 Å². The predicted molar refractivity (Wildman–Crippen MR) is 62.9 cm³/mol. The summed E-state index contributed by atoms with van der Waals surface area (Å²) in [6, 6.07) is 1.81. The van der Waals surface area contributed by atoms with Crippen molar-refractivity contribution in [1.82, 2.24) is 9.97 Å². The zero-order valence-electron chi connectivity index (χ0n) is 10.3. The van der Waals surface area contributed by atoms with Gasteiger partial charge in [-0.05, 0) is 20.8 Å². The molecule has 0 saturated heterocycles. The SMILES string of the molecule is CCNc1nc(C)cc(OC(C)COC)n1. The molecule has 1 aromatic heterocycles. The summed E-state index contributed by atoms with van der Waals surface area (Å²) in [7, 11) is 1.65. The van der Waals surface area contributed by atoms with Crippen molar-refractivity contribution < 1.29 is 9.47 Å². The Bertz CT molecular complexity index is 331. The topological polar surface area (TPSA) is 56.3 Å². The van der Waals surface area contributed by atoms with E-state index < -0.39 is 0 Å². The first-order valence-corrected chi connectivity index (χ1v) is 5.40. The van der Waals surface area contributed by atoms with E-state index in [9.17, 15) is 0 Å². The standard InChI is InChI=1S/C11H19N3O2/c1-5-12-11-13-8(2)6-10(14-11)16-9(3)7-15-4/h6,9H,5,7H2,1-4H3,(H,12,13,14). The van der Waals surface area contributed by atoms with Gasteiger partial charge in [-0.1, -0.05) is 0 Å². The highest BCUT2D eigenvalue weighted by Gasteiger charge is 2.07. The molecule has 0 aliphatic carbocycles. The van der Waals surface area contributed by atoms with Crippen molar-refractivity contribution in [3.63, 3.8) is 0 Å². The average molecular weight is 225 g/mol. The van der Waals surface area contributed by atoms with Crippen LogP contribution in [0.1, 0.15) is 19.5 Å². The molecular weight excluding hydrogens is 206 g/mol. The van der Waals surface area contributed by atoms with Gasteiger partial charge in [0.15, 0.2) is 0 Å². The Kier molecular flexibility index (Phi) is 4.98. The lowest BCUT2D eigenvalue weighted by atomic mass is 10.4. The van der Waals surface area contributed by atoms with Crippen molar-refractivity contribution >= 4 is 5.95 Å². The minimum atomic E-state index is -0.0197. The maximum Gasteiger partial charge on any atom is 0.226 e. The number of nitrogens with zero attached hydrogens (tertiary/aromatic N) is 2. The van der Waals surface area contributed by atoms with E-state index in [2.05, 4.69) is 15.3 Å². The molecule has 90 valence electrons. The fourth-order valence-corrected chi connectivity index (χ4v) is 1.31. The monoisotopic (exact) mass is 225 g/mol. The van der Waals surface area contributed by atoms with Crippen LogP contribution in [0.3, 0.4) is 0 Å². The number of aromatic nitrogens is 2. The smallest absolute Gasteiger partial charge is 0.226 e. The zero-order chi connectivity index (χ0) is 12.0. The Labute approximate surface area is 96.2 Å². The molecule has 1 unspecified atom stereocenters. The maximum absolute atomic E-state index is 5.61. The Morgan fingerprint density at radius 3 is 2.81 bits per heavy atom. The van der Waals surface area contributed by atoms with Crippen LogP contribution in [0.15, 0.2) is 6.07 Å². The fourth-order valence-electron chi connectivity index (χ4n) is 1.31. The van der Waals surface area contributed by atoms with Gasteiger partial charge in [-0.15, -0.1) is 0 Å². The molecule has 0 aliphatic rings. The van der Waals surface area contributed by atoms with Crippen LogP contribution >= 0.6 is 0 Å². The lowest BCUT2D eigenvalue weighted by Gasteiger charge is -2.13. The molecule has 1 atom stereocenters. The van der Waals surface area contributed by atoms with Crippen LogP contribution in [0.4, 0.5) is 5.95 Å². The molecule has 0 aliphatic heterocycles. The Hall–Kier alpha value is -1.36. The Morgan fingerprint density at radius 2 is 2.19 bits per heavy atom.